The predicted octanol–water partition coefficient (Wildman–Crippen LogP) is 3.52. The van der Waals surface area contributed by atoms with Crippen LogP contribution in [0.1, 0.15) is 47.0 Å². The molecule has 1 aliphatic heterocycles. The van der Waals surface area contributed by atoms with Crippen LogP contribution in [-0.2, 0) is 4.79 Å². The van der Waals surface area contributed by atoms with Gasteiger partial charge in [0.2, 0.25) is 10.9 Å². The minimum absolute atomic E-state index is 0.0670. The number of aromatic nitrogens is 2. The van der Waals surface area contributed by atoms with Crippen molar-refractivity contribution in [1.29, 1.82) is 0 Å². The van der Waals surface area contributed by atoms with E-state index in [1.807, 2.05) is 11.8 Å². The number of amides is 2. The maximum atomic E-state index is 12.3. The van der Waals surface area contributed by atoms with Crippen LogP contribution in [0.15, 0.2) is 24.3 Å². The number of carbonyl (C=O) groups excluding carboxylic acids is 2. The third-order valence-corrected chi connectivity index (χ3v) is 5.14. The van der Waals surface area contributed by atoms with Gasteiger partial charge in [-0.15, -0.1) is 10.2 Å². The lowest BCUT2D eigenvalue weighted by molar-refractivity contribution is -0.131. The minimum atomic E-state index is -0.326. The van der Waals surface area contributed by atoms with Crippen LogP contribution in [-0.4, -0.2) is 33.5 Å². The third kappa shape index (κ3) is 3.57. The van der Waals surface area contributed by atoms with E-state index in [9.17, 15) is 9.59 Å². The maximum Gasteiger partial charge on any atom is 0.286 e. The summed E-state index contributed by atoms with van der Waals surface area (Å²) in [6.45, 7) is 2.59. The number of nitrogens with one attached hydrogen (secondary N) is 1. The number of anilines is 1. The fourth-order valence-corrected chi connectivity index (χ4v) is 3.81. The summed E-state index contributed by atoms with van der Waals surface area (Å²) in [6, 6.07) is 6.85. The van der Waals surface area contributed by atoms with Crippen molar-refractivity contribution in [1.82, 2.24) is 15.1 Å². The maximum absolute atomic E-state index is 12.3. The molecule has 1 fully saturated rings. The molecule has 1 saturated heterocycles. The second kappa shape index (κ2) is 7.27. The van der Waals surface area contributed by atoms with Crippen LogP contribution >= 0.6 is 22.9 Å². The Morgan fingerprint density at radius 3 is 3.00 bits per heavy atom. The highest BCUT2D eigenvalue weighted by atomic mass is 35.5. The first kappa shape index (κ1) is 16.9. The molecule has 0 radical (unpaired) electrons. The van der Waals surface area contributed by atoms with Gasteiger partial charge in [0, 0.05) is 23.7 Å². The second-order valence-electron chi connectivity index (χ2n) is 5.51. The number of hydrogen-bond donors (Lipinski definition) is 1. The number of halogens is 1. The van der Waals surface area contributed by atoms with E-state index >= 15 is 0 Å². The molecule has 3 rings (SSSR count). The van der Waals surface area contributed by atoms with E-state index in [0.717, 1.165) is 19.4 Å². The van der Waals surface area contributed by atoms with Crippen LogP contribution in [0.4, 0.5) is 5.69 Å². The van der Waals surface area contributed by atoms with E-state index < -0.39 is 0 Å². The second-order valence-corrected chi connectivity index (χ2v) is 6.95. The van der Waals surface area contributed by atoms with E-state index in [-0.39, 0.29) is 22.9 Å². The summed E-state index contributed by atoms with van der Waals surface area (Å²) >= 11 is 7.14. The quantitative estimate of drug-likeness (QED) is 0.900. The molecule has 0 saturated carbocycles. The number of nitrogens with zero attached hydrogens (tertiary/aromatic N) is 3. The molecular weight excluding hydrogens is 348 g/mol. The van der Waals surface area contributed by atoms with Gasteiger partial charge in [-0.05, 0) is 31.0 Å². The Hall–Kier alpha value is -1.99. The summed E-state index contributed by atoms with van der Waals surface area (Å²) in [5.74, 6) is -0.218. The topological polar surface area (TPSA) is 75.2 Å². The Labute approximate surface area is 148 Å². The molecule has 0 unspecified atom stereocenters. The van der Waals surface area contributed by atoms with Crippen LogP contribution in [0.5, 0.6) is 0 Å². The summed E-state index contributed by atoms with van der Waals surface area (Å²) in [7, 11) is 0. The number of rotatable bonds is 4. The Bertz CT molecular complexity index is 764. The van der Waals surface area contributed by atoms with Crippen molar-refractivity contribution in [3.63, 3.8) is 0 Å². The van der Waals surface area contributed by atoms with Gasteiger partial charge >= 0.3 is 0 Å². The average molecular weight is 365 g/mol. The first-order valence-corrected chi connectivity index (χ1v) is 8.97. The van der Waals surface area contributed by atoms with E-state index in [2.05, 4.69) is 15.5 Å². The van der Waals surface area contributed by atoms with Crippen molar-refractivity contribution < 1.29 is 9.59 Å². The molecule has 6 nitrogen and oxygen atoms in total. The highest BCUT2D eigenvalue weighted by molar-refractivity contribution is 7.13. The molecule has 8 heteroatoms. The number of benzene rings is 1. The summed E-state index contributed by atoms with van der Waals surface area (Å²) in [6.07, 6.45) is 2.27. The van der Waals surface area contributed by atoms with Gasteiger partial charge in [-0.2, -0.15) is 0 Å². The summed E-state index contributed by atoms with van der Waals surface area (Å²) in [5.41, 5.74) is 0.605. The van der Waals surface area contributed by atoms with Gasteiger partial charge < -0.3 is 10.2 Å². The van der Waals surface area contributed by atoms with Gasteiger partial charge in [-0.3, -0.25) is 9.59 Å². The molecule has 1 aromatic carbocycles. The van der Waals surface area contributed by atoms with Crippen molar-refractivity contribution in [2.75, 3.05) is 11.9 Å². The summed E-state index contributed by atoms with van der Waals surface area (Å²) in [4.78, 5) is 26.1. The molecule has 0 spiro atoms. The fraction of sp³-hybridized carbons (Fsp3) is 0.375. The van der Waals surface area contributed by atoms with Gasteiger partial charge in [0.05, 0.1) is 6.04 Å². The lowest BCUT2D eigenvalue weighted by Gasteiger charge is -2.21. The van der Waals surface area contributed by atoms with Crippen molar-refractivity contribution in [3.05, 3.63) is 39.3 Å². The molecule has 1 atom stereocenters. The van der Waals surface area contributed by atoms with Gasteiger partial charge in [-0.1, -0.05) is 35.9 Å². The Morgan fingerprint density at radius 2 is 2.25 bits per heavy atom. The highest BCUT2D eigenvalue weighted by Gasteiger charge is 2.32. The SMILES string of the molecule is CCC(=O)N1CCC[C@H]1c1nnc(C(=O)Nc2cccc(Cl)c2)s1. The molecule has 126 valence electrons. The molecule has 1 N–H and O–H groups in total. The average Bonchev–Trinajstić information content (AvgIpc) is 3.23. The molecule has 24 heavy (non-hydrogen) atoms. The number of likely N-dealkylation sites (tertiary alicyclic amines) is 1. The van der Waals surface area contributed by atoms with Gasteiger partial charge in [0.25, 0.3) is 5.91 Å². The Morgan fingerprint density at radius 1 is 1.42 bits per heavy atom. The van der Waals surface area contributed by atoms with Crippen molar-refractivity contribution in [3.8, 4) is 0 Å². The van der Waals surface area contributed by atoms with Crippen LogP contribution in [0.2, 0.25) is 5.02 Å². The largest absolute Gasteiger partial charge is 0.333 e. The lowest BCUT2D eigenvalue weighted by Crippen LogP contribution is -2.29. The van der Waals surface area contributed by atoms with Crippen molar-refractivity contribution in [2.45, 2.75) is 32.2 Å². The van der Waals surface area contributed by atoms with Gasteiger partial charge in [0.15, 0.2) is 0 Å². The smallest absolute Gasteiger partial charge is 0.286 e. The Kier molecular flexibility index (Phi) is 5.11. The first-order chi connectivity index (χ1) is 11.6. The van der Waals surface area contributed by atoms with Crippen LogP contribution in [0.3, 0.4) is 0 Å². The molecule has 0 aliphatic carbocycles. The van der Waals surface area contributed by atoms with E-state index in [0.29, 0.717) is 22.1 Å². The fourth-order valence-electron chi connectivity index (χ4n) is 2.74. The zero-order valence-electron chi connectivity index (χ0n) is 13.2. The molecular formula is C16H17ClN4O2S. The highest BCUT2D eigenvalue weighted by Crippen LogP contribution is 2.34. The van der Waals surface area contributed by atoms with Gasteiger partial charge in [-0.25, -0.2) is 0 Å². The first-order valence-electron chi connectivity index (χ1n) is 7.78. The van der Waals surface area contributed by atoms with E-state index in [1.54, 1.807) is 24.3 Å². The number of carbonyl (C=O) groups is 2. The van der Waals surface area contributed by atoms with E-state index in [4.69, 9.17) is 11.6 Å². The zero-order chi connectivity index (χ0) is 17.1. The molecule has 1 aliphatic rings. The van der Waals surface area contributed by atoms with Crippen LogP contribution in [0.25, 0.3) is 0 Å². The van der Waals surface area contributed by atoms with Crippen LogP contribution in [0, 0.1) is 0 Å². The van der Waals surface area contributed by atoms with E-state index in [1.165, 1.54) is 11.3 Å². The third-order valence-electron chi connectivity index (χ3n) is 3.88. The number of hydrogen-bond acceptors (Lipinski definition) is 5. The standard InChI is InChI=1S/C16H17ClN4O2S/c1-2-13(22)21-8-4-7-12(21)15-19-20-16(24-15)14(23)18-11-6-3-5-10(17)9-11/h3,5-6,9,12H,2,4,7-8H2,1H3,(H,18,23)/t12-/m0/s1. The molecule has 2 amide bonds. The minimum Gasteiger partial charge on any atom is -0.333 e. The van der Waals surface area contributed by atoms with Gasteiger partial charge in [0.1, 0.15) is 5.01 Å². The monoisotopic (exact) mass is 364 g/mol. The summed E-state index contributed by atoms with van der Waals surface area (Å²) in [5, 5.41) is 12.4. The van der Waals surface area contributed by atoms with Crippen molar-refractivity contribution >= 4 is 40.4 Å². The lowest BCUT2D eigenvalue weighted by atomic mass is 10.2. The normalized spacial score (nSPS) is 17.1. The zero-order valence-corrected chi connectivity index (χ0v) is 14.7. The molecule has 1 aromatic heterocycles. The molecule has 2 aromatic rings. The Balaban J connectivity index is 1.73. The van der Waals surface area contributed by atoms with Crippen LogP contribution < -0.4 is 5.32 Å². The molecule has 2 heterocycles. The molecule has 0 bridgehead atoms. The summed E-state index contributed by atoms with van der Waals surface area (Å²) < 4.78 is 0. The van der Waals surface area contributed by atoms with Crippen molar-refractivity contribution in [2.24, 2.45) is 0 Å². The predicted molar refractivity (Wildman–Crippen MR) is 93.3 cm³/mol.